The van der Waals surface area contributed by atoms with Gasteiger partial charge in [-0.2, -0.15) is 0 Å². The van der Waals surface area contributed by atoms with Crippen LogP contribution in [0.2, 0.25) is 0 Å². The van der Waals surface area contributed by atoms with E-state index in [2.05, 4.69) is 48.6 Å². The molecule has 0 aliphatic heterocycles. The number of amides is 1. The lowest BCUT2D eigenvalue weighted by atomic mass is 10.0. The van der Waals surface area contributed by atoms with E-state index in [9.17, 15) is 4.79 Å². The minimum Gasteiger partial charge on any atom is -0.352 e. The monoisotopic (exact) mass is 332 g/mol. The number of benzene rings is 2. The maximum absolute atomic E-state index is 11.8. The van der Waals surface area contributed by atoms with Crippen LogP contribution in [-0.4, -0.2) is 11.9 Å². The maximum Gasteiger partial charge on any atom is 0.220 e. The molecule has 1 atom stereocenters. The Labute approximate surface area is 144 Å². The molecule has 0 aromatic heterocycles. The Hall–Kier alpha value is -1.84. The second-order valence-electron chi connectivity index (χ2n) is 5.86. The summed E-state index contributed by atoms with van der Waals surface area (Å²) in [6, 6.07) is 16.8. The third-order valence-corrected chi connectivity index (χ3v) is 3.59. The van der Waals surface area contributed by atoms with E-state index in [1.165, 1.54) is 16.7 Å². The first-order chi connectivity index (χ1) is 10.5. The van der Waals surface area contributed by atoms with Crippen LogP contribution in [0.25, 0.3) is 11.1 Å². The molecule has 23 heavy (non-hydrogen) atoms. The molecule has 2 aromatic carbocycles. The fourth-order valence-corrected chi connectivity index (χ4v) is 2.33. The number of aryl methyl sites for hydroxylation is 1. The Bertz CT molecular complexity index is 641. The smallest absolute Gasteiger partial charge is 0.220 e. The highest BCUT2D eigenvalue weighted by Crippen LogP contribution is 2.21. The van der Waals surface area contributed by atoms with Gasteiger partial charge in [0, 0.05) is 19.0 Å². The van der Waals surface area contributed by atoms with Gasteiger partial charge in [0.15, 0.2) is 0 Å². The van der Waals surface area contributed by atoms with Crippen LogP contribution >= 0.6 is 12.4 Å². The summed E-state index contributed by atoms with van der Waals surface area (Å²) in [6.45, 7) is 4.56. The van der Waals surface area contributed by atoms with Gasteiger partial charge in [-0.15, -0.1) is 12.4 Å². The summed E-state index contributed by atoms with van der Waals surface area (Å²) >= 11 is 0. The predicted molar refractivity (Wildman–Crippen MR) is 98.6 cm³/mol. The van der Waals surface area contributed by atoms with Crippen LogP contribution in [0.4, 0.5) is 0 Å². The van der Waals surface area contributed by atoms with Crippen molar-refractivity contribution in [2.45, 2.75) is 39.3 Å². The van der Waals surface area contributed by atoms with Crippen molar-refractivity contribution in [1.82, 2.24) is 5.32 Å². The third kappa shape index (κ3) is 6.43. The summed E-state index contributed by atoms with van der Waals surface area (Å²) in [7, 11) is 0. The van der Waals surface area contributed by atoms with Gasteiger partial charge in [0.25, 0.3) is 0 Å². The summed E-state index contributed by atoms with van der Waals surface area (Å²) in [5, 5.41) is 2.95. The maximum atomic E-state index is 11.8. The average Bonchev–Trinajstić information content (AvgIpc) is 2.51. The quantitative estimate of drug-likeness (QED) is 0.844. The standard InChI is InChI=1S/C19H24N2O.ClH/c1-14-5-3-7-17(11-14)18-8-4-6-16(12-18)13-21-19(22)10-9-15(2)20;/h3-8,11-12,15H,9-10,13,20H2,1-2H3,(H,21,22);1H. The number of nitrogens with one attached hydrogen (secondary N) is 1. The Morgan fingerprint density at radius 2 is 1.78 bits per heavy atom. The number of carbonyl (C=O) groups is 1. The second kappa shape index (κ2) is 9.33. The van der Waals surface area contributed by atoms with Gasteiger partial charge < -0.3 is 11.1 Å². The first kappa shape index (κ1) is 19.2. The Balaban J connectivity index is 0.00000264. The van der Waals surface area contributed by atoms with Crippen LogP contribution < -0.4 is 11.1 Å². The summed E-state index contributed by atoms with van der Waals surface area (Å²) in [5.74, 6) is 0.0539. The molecule has 0 heterocycles. The zero-order chi connectivity index (χ0) is 15.9. The Morgan fingerprint density at radius 3 is 2.43 bits per heavy atom. The van der Waals surface area contributed by atoms with Crippen molar-refractivity contribution >= 4 is 18.3 Å². The third-order valence-electron chi connectivity index (χ3n) is 3.59. The molecule has 0 fully saturated rings. The Kier molecular flexibility index (Phi) is 7.79. The average molecular weight is 333 g/mol. The van der Waals surface area contributed by atoms with Crippen molar-refractivity contribution in [1.29, 1.82) is 0 Å². The van der Waals surface area contributed by atoms with Crippen LogP contribution in [0, 0.1) is 6.92 Å². The predicted octanol–water partition coefficient (Wildman–Crippen LogP) is 3.83. The Morgan fingerprint density at radius 1 is 1.13 bits per heavy atom. The first-order valence-electron chi connectivity index (χ1n) is 7.73. The molecule has 0 aliphatic rings. The minimum atomic E-state index is 0. The van der Waals surface area contributed by atoms with Gasteiger partial charge in [-0.05, 0) is 43.0 Å². The number of hydrogen-bond donors (Lipinski definition) is 2. The number of nitrogens with two attached hydrogens (primary N) is 1. The molecule has 0 spiro atoms. The van der Waals surface area contributed by atoms with E-state index in [0.717, 1.165) is 12.0 Å². The number of halogens is 1. The van der Waals surface area contributed by atoms with Crippen LogP contribution in [0.15, 0.2) is 48.5 Å². The SMILES string of the molecule is Cc1cccc(-c2cccc(CNC(=O)CCC(C)N)c2)c1.Cl. The lowest BCUT2D eigenvalue weighted by molar-refractivity contribution is -0.121. The minimum absolute atomic E-state index is 0. The summed E-state index contributed by atoms with van der Waals surface area (Å²) < 4.78 is 0. The molecule has 0 saturated heterocycles. The molecule has 1 unspecified atom stereocenters. The molecule has 3 nitrogen and oxygen atoms in total. The van der Waals surface area contributed by atoms with Crippen molar-refractivity contribution < 1.29 is 4.79 Å². The largest absolute Gasteiger partial charge is 0.352 e. The molecule has 0 radical (unpaired) electrons. The molecular formula is C19H25ClN2O. The van der Waals surface area contributed by atoms with E-state index in [1.807, 2.05) is 19.1 Å². The molecule has 124 valence electrons. The van der Waals surface area contributed by atoms with Crippen molar-refractivity contribution in [3.8, 4) is 11.1 Å². The number of carbonyl (C=O) groups excluding carboxylic acids is 1. The normalized spacial score (nSPS) is 11.4. The van der Waals surface area contributed by atoms with Gasteiger partial charge in [0.1, 0.15) is 0 Å². The summed E-state index contributed by atoms with van der Waals surface area (Å²) in [4.78, 5) is 11.8. The van der Waals surface area contributed by atoms with Crippen LogP contribution in [0.1, 0.15) is 30.9 Å². The molecular weight excluding hydrogens is 308 g/mol. The highest BCUT2D eigenvalue weighted by atomic mass is 35.5. The van der Waals surface area contributed by atoms with Crippen molar-refractivity contribution in [2.75, 3.05) is 0 Å². The fraction of sp³-hybridized carbons (Fsp3) is 0.316. The van der Waals surface area contributed by atoms with E-state index >= 15 is 0 Å². The number of hydrogen-bond acceptors (Lipinski definition) is 2. The molecule has 2 aromatic rings. The highest BCUT2D eigenvalue weighted by Gasteiger charge is 2.04. The molecule has 0 aliphatic carbocycles. The van der Waals surface area contributed by atoms with Gasteiger partial charge in [0.05, 0.1) is 0 Å². The zero-order valence-corrected chi connectivity index (χ0v) is 14.5. The van der Waals surface area contributed by atoms with Gasteiger partial charge in [-0.3, -0.25) is 4.79 Å². The molecule has 4 heteroatoms. The zero-order valence-electron chi connectivity index (χ0n) is 13.7. The first-order valence-corrected chi connectivity index (χ1v) is 7.73. The molecule has 0 saturated carbocycles. The van der Waals surface area contributed by atoms with Crippen molar-refractivity contribution in [2.24, 2.45) is 5.73 Å². The van der Waals surface area contributed by atoms with Gasteiger partial charge in [-0.1, -0.05) is 48.0 Å². The van der Waals surface area contributed by atoms with Crippen LogP contribution in [0.5, 0.6) is 0 Å². The van der Waals surface area contributed by atoms with Gasteiger partial charge >= 0.3 is 0 Å². The molecule has 1 amide bonds. The van der Waals surface area contributed by atoms with E-state index in [0.29, 0.717) is 13.0 Å². The van der Waals surface area contributed by atoms with E-state index < -0.39 is 0 Å². The number of rotatable bonds is 6. The van der Waals surface area contributed by atoms with Crippen molar-refractivity contribution in [3.63, 3.8) is 0 Å². The highest BCUT2D eigenvalue weighted by molar-refractivity contribution is 5.85. The fourth-order valence-electron chi connectivity index (χ4n) is 2.33. The lowest BCUT2D eigenvalue weighted by Crippen LogP contribution is -2.25. The lowest BCUT2D eigenvalue weighted by Gasteiger charge is -2.09. The van der Waals surface area contributed by atoms with E-state index in [-0.39, 0.29) is 24.4 Å². The van der Waals surface area contributed by atoms with E-state index in [1.54, 1.807) is 0 Å². The molecule has 0 bridgehead atoms. The summed E-state index contributed by atoms with van der Waals surface area (Å²) in [6.07, 6.45) is 1.20. The van der Waals surface area contributed by atoms with Crippen LogP contribution in [-0.2, 0) is 11.3 Å². The molecule has 3 N–H and O–H groups in total. The second-order valence-corrected chi connectivity index (χ2v) is 5.86. The summed E-state index contributed by atoms with van der Waals surface area (Å²) in [5.41, 5.74) is 10.4. The van der Waals surface area contributed by atoms with Gasteiger partial charge in [0.2, 0.25) is 5.91 Å². The topological polar surface area (TPSA) is 55.1 Å². The van der Waals surface area contributed by atoms with Crippen molar-refractivity contribution in [3.05, 3.63) is 59.7 Å². The molecule has 2 rings (SSSR count). The van der Waals surface area contributed by atoms with Crippen LogP contribution in [0.3, 0.4) is 0 Å². The van der Waals surface area contributed by atoms with Gasteiger partial charge in [-0.25, -0.2) is 0 Å². The van der Waals surface area contributed by atoms with E-state index in [4.69, 9.17) is 5.73 Å².